The van der Waals surface area contributed by atoms with E-state index in [2.05, 4.69) is 4.99 Å². The predicted octanol–water partition coefficient (Wildman–Crippen LogP) is 0.621. The lowest BCUT2D eigenvalue weighted by molar-refractivity contribution is -0.112. The maximum absolute atomic E-state index is 10.9. The first kappa shape index (κ1) is 12.9. The first-order valence-electron chi connectivity index (χ1n) is 5.03. The van der Waals surface area contributed by atoms with Gasteiger partial charge >= 0.3 is 6.41 Å². The average molecular weight is 233 g/mol. The largest absolute Gasteiger partial charge is 0.497 e. The quantitative estimate of drug-likeness (QED) is 0.731. The Hall–Kier alpha value is -2.17. The van der Waals surface area contributed by atoms with Crippen molar-refractivity contribution in [2.75, 3.05) is 7.11 Å². The summed E-state index contributed by atoms with van der Waals surface area (Å²) < 4.78 is 5.02. The highest BCUT2D eigenvalue weighted by Gasteiger charge is 2.07. The number of hydrogen-bond donors (Lipinski definition) is 1. The molecule has 2 N–H and O–H groups in total. The highest BCUT2D eigenvalue weighted by atomic mass is 16.5. The number of aliphatic imine (C=N–C) groups is 1. The van der Waals surface area contributed by atoms with Gasteiger partial charge in [0.2, 0.25) is 0 Å². The van der Waals surface area contributed by atoms with Crippen LogP contribution in [-0.4, -0.2) is 25.1 Å². The molecule has 5 nitrogen and oxygen atoms in total. The van der Waals surface area contributed by atoms with Crippen molar-refractivity contribution in [3.05, 3.63) is 29.8 Å². The number of carbonyl (C=O) groups is 1. The van der Waals surface area contributed by atoms with Crippen LogP contribution in [0.25, 0.3) is 0 Å². The lowest BCUT2D eigenvalue weighted by Gasteiger charge is -2.03. The van der Waals surface area contributed by atoms with Crippen LogP contribution in [0.2, 0.25) is 0 Å². The van der Waals surface area contributed by atoms with E-state index in [0.717, 1.165) is 11.3 Å². The summed E-state index contributed by atoms with van der Waals surface area (Å²) in [7, 11) is 1.59. The molecule has 0 spiro atoms. The number of amides is 2. The third kappa shape index (κ3) is 4.06. The molecule has 0 atom stereocenters. The standard InChI is InChI=1S/C12H13N2O3/c1-17-10-5-2-9(3-6-10)4-7-11(12(13)16)14-8-15/h2-3,5-6H,4,7H2,1H3,(H2,13,16). The van der Waals surface area contributed by atoms with Gasteiger partial charge in [0.05, 0.1) is 7.11 Å². The highest BCUT2D eigenvalue weighted by Crippen LogP contribution is 2.12. The molecule has 5 heteroatoms. The number of aryl methyl sites for hydroxylation is 1. The van der Waals surface area contributed by atoms with Crippen molar-refractivity contribution < 1.29 is 14.3 Å². The Morgan fingerprint density at radius 1 is 1.41 bits per heavy atom. The van der Waals surface area contributed by atoms with Crippen LogP contribution < -0.4 is 10.5 Å². The second kappa shape index (κ2) is 6.42. The first-order chi connectivity index (χ1) is 8.17. The maximum Gasteiger partial charge on any atom is 0.337 e. The Balaban J connectivity index is 2.62. The van der Waals surface area contributed by atoms with Gasteiger partial charge in [-0.05, 0) is 30.5 Å². The topological polar surface area (TPSA) is 81.8 Å². The average Bonchev–Trinajstić information content (AvgIpc) is 2.34. The number of primary amides is 1. The summed E-state index contributed by atoms with van der Waals surface area (Å²) in [4.78, 5) is 24.3. The van der Waals surface area contributed by atoms with Crippen molar-refractivity contribution in [2.45, 2.75) is 12.8 Å². The molecule has 17 heavy (non-hydrogen) atoms. The summed E-state index contributed by atoms with van der Waals surface area (Å²) in [5.41, 5.74) is 6.11. The van der Waals surface area contributed by atoms with E-state index in [1.165, 1.54) is 6.41 Å². The van der Waals surface area contributed by atoms with E-state index < -0.39 is 5.91 Å². The molecule has 0 aliphatic carbocycles. The van der Waals surface area contributed by atoms with Crippen LogP contribution in [0.1, 0.15) is 12.0 Å². The molecule has 1 aromatic rings. The Morgan fingerprint density at radius 3 is 2.53 bits per heavy atom. The van der Waals surface area contributed by atoms with Gasteiger partial charge in [-0.25, -0.2) is 4.99 Å². The molecule has 89 valence electrons. The van der Waals surface area contributed by atoms with Crippen LogP contribution in [0, 0.1) is 0 Å². The molecule has 0 saturated carbocycles. The van der Waals surface area contributed by atoms with Crippen LogP contribution in [-0.2, 0) is 16.0 Å². The smallest absolute Gasteiger partial charge is 0.337 e. The van der Waals surface area contributed by atoms with Gasteiger partial charge in [0.15, 0.2) is 0 Å². The fraction of sp³-hybridized carbons (Fsp3) is 0.250. The minimum atomic E-state index is -0.693. The molecule has 1 aromatic carbocycles. The second-order valence-corrected chi connectivity index (χ2v) is 3.36. The Morgan fingerprint density at radius 2 is 2.06 bits per heavy atom. The highest BCUT2D eigenvalue weighted by molar-refractivity contribution is 6.39. The Kier molecular flexibility index (Phi) is 4.87. The zero-order valence-corrected chi connectivity index (χ0v) is 9.47. The number of methoxy groups -OCH3 is 1. The van der Waals surface area contributed by atoms with E-state index in [1.54, 1.807) is 7.11 Å². The van der Waals surface area contributed by atoms with Crippen molar-refractivity contribution in [3.63, 3.8) is 0 Å². The van der Waals surface area contributed by atoms with Gasteiger partial charge in [-0.2, -0.15) is 0 Å². The number of rotatable bonds is 6. The van der Waals surface area contributed by atoms with Crippen LogP contribution in [0.4, 0.5) is 0 Å². The fourth-order valence-electron chi connectivity index (χ4n) is 1.34. The molecule has 0 aliphatic heterocycles. The fourth-order valence-corrected chi connectivity index (χ4v) is 1.34. The zero-order chi connectivity index (χ0) is 12.7. The summed E-state index contributed by atoms with van der Waals surface area (Å²) in [6.07, 6.45) is 2.21. The maximum atomic E-state index is 10.9. The van der Waals surface area contributed by atoms with Gasteiger partial charge in [0.1, 0.15) is 11.5 Å². The lowest BCUT2D eigenvalue weighted by atomic mass is 10.1. The number of ether oxygens (including phenoxy) is 1. The molecule has 2 amide bonds. The summed E-state index contributed by atoms with van der Waals surface area (Å²) in [5, 5.41) is 0. The minimum absolute atomic E-state index is 0.0378. The van der Waals surface area contributed by atoms with Crippen LogP contribution in [0.5, 0.6) is 5.75 Å². The monoisotopic (exact) mass is 233 g/mol. The van der Waals surface area contributed by atoms with Crippen molar-refractivity contribution in [2.24, 2.45) is 10.7 Å². The number of carbonyl (C=O) groups excluding carboxylic acids is 2. The number of hydrogen-bond acceptors (Lipinski definition) is 3. The molecule has 1 rings (SSSR count). The van der Waals surface area contributed by atoms with E-state index in [9.17, 15) is 9.59 Å². The van der Waals surface area contributed by atoms with Crippen molar-refractivity contribution in [1.29, 1.82) is 0 Å². The van der Waals surface area contributed by atoms with Gasteiger partial charge in [-0.1, -0.05) is 12.1 Å². The molecule has 0 aromatic heterocycles. The van der Waals surface area contributed by atoms with Crippen LogP contribution in [0.15, 0.2) is 29.3 Å². The summed E-state index contributed by atoms with van der Waals surface area (Å²) in [6.45, 7) is 0. The predicted molar refractivity (Wildman–Crippen MR) is 63.6 cm³/mol. The molecule has 0 fully saturated rings. The van der Waals surface area contributed by atoms with Gasteiger partial charge in [0.25, 0.3) is 5.91 Å². The third-order valence-corrected chi connectivity index (χ3v) is 2.27. The van der Waals surface area contributed by atoms with E-state index in [0.29, 0.717) is 12.8 Å². The van der Waals surface area contributed by atoms with Crippen LogP contribution >= 0.6 is 0 Å². The minimum Gasteiger partial charge on any atom is -0.497 e. The number of nitrogens with zero attached hydrogens (tertiary/aromatic N) is 1. The molecule has 0 heterocycles. The van der Waals surface area contributed by atoms with Crippen molar-refractivity contribution in [1.82, 2.24) is 0 Å². The van der Waals surface area contributed by atoms with E-state index >= 15 is 0 Å². The summed E-state index contributed by atoms with van der Waals surface area (Å²) in [5.74, 6) is 0.0700. The van der Waals surface area contributed by atoms with Crippen molar-refractivity contribution in [3.8, 4) is 5.75 Å². The van der Waals surface area contributed by atoms with Crippen molar-refractivity contribution >= 4 is 18.0 Å². The Labute approximate surface area is 99.3 Å². The molecule has 0 bridgehead atoms. The zero-order valence-electron chi connectivity index (χ0n) is 9.47. The molecular weight excluding hydrogens is 220 g/mol. The third-order valence-electron chi connectivity index (χ3n) is 2.27. The Bertz CT molecular complexity index is 424. The normalized spacial score (nSPS) is 11.0. The molecule has 1 radical (unpaired) electrons. The van der Waals surface area contributed by atoms with Crippen LogP contribution in [0.3, 0.4) is 0 Å². The SMILES string of the molecule is COc1ccc(CCC(=N[C]=O)C(N)=O)cc1. The summed E-state index contributed by atoms with van der Waals surface area (Å²) in [6, 6.07) is 7.40. The first-order valence-corrected chi connectivity index (χ1v) is 5.03. The van der Waals surface area contributed by atoms with Gasteiger partial charge < -0.3 is 10.5 Å². The van der Waals surface area contributed by atoms with E-state index in [-0.39, 0.29) is 5.71 Å². The molecule has 0 unspecified atom stereocenters. The van der Waals surface area contributed by atoms with E-state index in [1.807, 2.05) is 24.3 Å². The number of nitrogens with two attached hydrogens (primary N) is 1. The van der Waals surface area contributed by atoms with Gasteiger partial charge in [0, 0.05) is 0 Å². The molecule has 0 aliphatic rings. The summed E-state index contributed by atoms with van der Waals surface area (Å²) >= 11 is 0. The molecule has 0 saturated heterocycles. The van der Waals surface area contributed by atoms with Gasteiger partial charge in [-0.15, -0.1) is 0 Å². The lowest BCUT2D eigenvalue weighted by Crippen LogP contribution is -2.23. The number of benzene rings is 1. The molecular formula is C12H13N2O3. The second-order valence-electron chi connectivity index (χ2n) is 3.36. The van der Waals surface area contributed by atoms with E-state index in [4.69, 9.17) is 10.5 Å². The van der Waals surface area contributed by atoms with Gasteiger partial charge in [-0.3, -0.25) is 9.59 Å².